The van der Waals surface area contributed by atoms with Gasteiger partial charge >= 0.3 is 0 Å². The van der Waals surface area contributed by atoms with E-state index in [2.05, 4.69) is 15.7 Å². The molecule has 26 heavy (non-hydrogen) atoms. The number of anilines is 1. The third-order valence-corrected chi connectivity index (χ3v) is 4.30. The van der Waals surface area contributed by atoms with Gasteiger partial charge in [-0.1, -0.05) is 12.1 Å². The fraction of sp³-hybridized carbons (Fsp3) is 0.278. The van der Waals surface area contributed by atoms with Crippen LogP contribution in [-0.4, -0.2) is 28.1 Å². The van der Waals surface area contributed by atoms with E-state index < -0.39 is 17.6 Å². The molecule has 0 bridgehead atoms. The molecule has 2 amide bonds. The van der Waals surface area contributed by atoms with Crippen LogP contribution in [0.1, 0.15) is 27.5 Å². The van der Waals surface area contributed by atoms with Crippen LogP contribution in [0.3, 0.4) is 0 Å². The third kappa shape index (κ3) is 3.05. The van der Waals surface area contributed by atoms with Crippen LogP contribution in [-0.2, 0) is 11.8 Å². The molecule has 0 aliphatic rings. The molecule has 0 radical (unpaired) electrons. The molecule has 3 aromatic rings. The molecule has 0 fully saturated rings. The fourth-order valence-electron chi connectivity index (χ4n) is 2.80. The minimum atomic E-state index is -0.576. The highest BCUT2D eigenvalue weighted by molar-refractivity contribution is 6.02. The van der Waals surface area contributed by atoms with Gasteiger partial charge in [0, 0.05) is 18.0 Å². The van der Waals surface area contributed by atoms with E-state index in [4.69, 9.17) is 4.42 Å². The minimum Gasteiger partial charge on any atom is -0.448 e. The van der Waals surface area contributed by atoms with Gasteiger partial charge in [0.25, 0.3) is 5.91 Å². The number of amides is 2. The maximum atomic E-state index is 13.8. The van der Waals surface area contributed by atoms with Crippen LogP contribution in [0.5, 0.6) is 0 Å². The number of rotatable bonds is 4. The molecule has 2 aromatic heterocycles. The molecular weight excluding hydrogens is 339 g/mol. The second kappa shape index (κ2) is 6.62. The van der Waals surface area contributed by atoms with Crippen molar-refractivity contribution in [2.45, 2.75) is 20.8 Å². The average molecular weight is 358 g/mol. The Morgan fingerprint density at radius 2 is 2.00 bits per heavy atom. The van der Waals surface area contributed by atoms with Crippen molar-refractivity contribution in [3.8, 4) is 0 Å². The highest BCUT2D eigenvalue weighted by Crippen LogP contribution is 2.27. The Morgan fingerprint density at radius 1 is 1.27 bits per heavy atom. The third-order valence-electron chi connectivity index (χ3n) is 4.30. The number of fused-ring (bicyclic) bond motifs is 1. The van der Waals surface area contributed by atoms with Crippen molar-refractivity contribution in [1.29, 1.82) is 0 Å². The largest absolute Gasteiger partial charge is 0.448 e. The summed E-state index contributed by atoms with van der Waals surface area (Å²) in [6.45, 7) is 5.04. The Morgan fingerprint density at radius 3 is 2.62 bits per heavy atom. The monoisotopic (exact) mass is 358 g/mol. The Bertz CT molecular complexity index is 1020. The topological polar surface area (TPSA) is 89.2 Å². The Hall–Kier alpha value is -3.16. The van der Waals surface area contributed by atoms with Crippen LogP contribution >= 0.6 is 0 Å². The van der Waals surface area contributed by atoms with E-state index in [9.17, 15) is 14.0 Å². The fourth-order valence-corrected chi connectivity index (χ4v) is 2.80. The van der Waals surface area contributed by atoms with Crippen LogP contribution < -0.4 is 10.6 Å². The predicted molar refractivity (Wildman–Crippen MR) is 94.6 cm³/mol. The van der Waals surface area contributed by atoms with Gasteiger partial charge in [0.05, 0.1) is 23.6 Å². The van der Waals surface area contributed by atoms with Gasteiger partial charge in [0.2, 0.25) is 5.91 Å². The number of nitrogens with one attached hydrogen (secondary N) is 2. The first-order valence-corrected chi connectivity index (χ1v) is 8.05. The average Bonchev–Trinajstić information content (AvgIpc) is 3.06. The number of aromatic nitrogens is 2. The summed E-state index contributed by atoms with van der Waals surface area (Å²) < 4.78 is 20.8. The van der Waals surface area contributed by atoms with Gasteiger partial charge < -0.3 is 15.1 Å². The van der Waals surface area contributed by atoms with Gasteiger partial charge in [-0.25, -0.2) is 4.39 Å². The Labute approximate surface area is 149 Å². The number of para-hydroxylation sites is 1. The van der Waals surface area contributed by atoms with Crippen molar-refractivity contribution in [1.82, 2.24) is 15.1 Å². The standard InChI is InChI=1S/C18H19FN4O3/c1-9-12-6-5-7-13(19)17(12)26-16(9)18(25)20-8-14(24)21-15-10(2)22-23(4)11(15)3/h5-7H,8H2,1-4H3,(H,20,25)(H,21,24). The SMILES string of the molecule is Cc1nn(C)c(C)c1NC(=O)CNC(=O)c1oc2c(F)cccc2c1C. The zero-order valence-corrected chi connectivity index (χ0v) is 14.9. The van der Waals surface area contributed by atoms with E-state index in [1.165, 1.54) is 6.07 Å². The summed E-state index contributed by atoms with van der Waals surface area (Å²) in [5, 5.41) is 9.96. The second-order valence-electron chi connectivity index (χ2n) is 6.07. The number of furan rings is 1. The second-order valence-corrected chi connectivity index (χ2v) is 6.07. The van der Waals surface area contributed by atoms with E-state index in [0.29, 0.717) is 22.3 Å². The van der Waals surface area contributed by atoms with Gasteiger partial charge in [-0.3, -0.25) is 14.3 Å². The van der Waals surface area contributed by atoms with Crippen molar-refractivity contribution in [3.05, 3.63) is 46.7 Å². The summed E-state index contributed by atoms with van der Waals surface area (Å²) in [4.78, 5) is 24.4. The van der Waals surface area contributed by atoms with Crippen LogP contribution in [0.4, 0.5) is 10.1 Å². The lowest BCUT2D eigenvalue weighted by atomic mass is 10.1. The first-order chi connectivity index (χ1) is 12.3. The molecule has 0 aliphatic heterocycles. The van der Waals surface area contributed by atoms with Gasteiger partial charge in [-0.2, -0.15) is 5.10 Å². The minimum absolute atomic E-state index is 0.00774. The van der Waals surface area contributed by atoms with Gasteiger partial charge in [-0.15, -0.1) is 0 Å². The van der Waals surface area contributed by atoms with Crippen molar-refractivity contribution < 1.29 is 18.4 Å². The highest BCUT2D eigenvalue weighted by Gasteiger charge is 2.20. The molecule has 0 saturated carbocycles. The molecule has 2 heterocycles. The highest BCUT2D eigenvalue weighted by atomic mass is 19.1. The molecule has 136 valence electrons. The molecule has 3 rings (SSSR count). The smallest absolute Gasteiger partial charge is 0.287 e. The van der Waals surface area contributed by atoms with Crippen LogP contribution in [0.15, 0.2) is 22.6 Å². The van der Waals surface area contributed by atoms with E-state index in [1.807, 2.05) is 6.92 Å². The molecule has 0 atom stereocenters. The predicted octanol–water partition coefficient (Wildman–Crippen LogP) is 2.60. The number of halogens is 1. The summed E-state index contributed by atoms with van der Waals surface area (Å²) in [6, 6.07) is 4.49. The summed E-state index contributed by atoms with van der Waals surface area (Å²) in [5.41, 5.74) is 2.67. The maximum absolute atomic E-state index is 13.8. The number of carbonyl (C=O) groups excluding carboxylic acids is 2. The molecule has 0 aliphatic carbocycles. The zero-order valence-electron chi connectivity index (χ0n) is 14.9. The lowest BCUT2D eigenvalue weighted by Gasteiger charge is -2.07. The van der Waals surface area contributed by atoms with E-state index in [1.54, 1.807) is 37.7 Å². The molecule has 2 N–H and O–H groups in total. The maximum Gasteiger partial charge on any atom is 0.287 e. The number of aryl methyl sites for hydroxylation is 3. The Kier molecular flexibility index (Phi) is 4.50. The molecule has 0 spiro atoms. The van der Waals surface area contributed by atoms with Crippen molar-refractivity contribution in [2.24, 2.45) is 7.05 Å². The zero-order chi connectivity index (χ0) is 19.0. The summed E-state index contributed by atoms with van der Waals surface area (Å²) in [5.74, 6) is -1.51. The van der Waals surface area contributed by atoms with Crippen LogP contribution in [0, 0.1) is 26.6 Å². The molecule has 1 aromatic carbocycles. The van der Waals surface area contributed by atoms with Gasteiger partial charge in [0.1, 0.15) is 0 Å². The van der Waals surface area contributed by atoms with Crippen LogP contribution in [0.2, 0.25) is 0 Å². The number of nitrogens with zero attached hydrogens (tertiary/aromatic N) is 2. The quantitative estimate of drug-likeness (QED) is 0.750. The molecular formula is C18H19FN4O3. The lowest BCUT2D eigenvalue weighted by Crippen LogP contribution is -2.33. The van der Waals surface area contributed by atoms with E-state index in [-0.39, 0.29) is 17.9 Å². The number of carbonyl (C=O) groups is 2. The molecule has 0 unspecified atom stereocenters. The van der Waals surface area contributed by atoms with E-state index in [0.717, 1.165) is 5.69 Å². The van der Waals surface area contributed by atoms with Crippen molar-refractivity contribution >= 4 is 28.5 Å². The first kappa shape index (κ1) is 17.7. The number of hydrogen-bond acceptors (Lipinski definition) is 4. The summed E-state index contributed by atoms with van der Waals surface area (Å²) in [6.07, 6.45) is 0. The summed E-state index contributed by atoms with van der Waals surface area (Å²) >= 11 is 0. The Balaban J connectivity index is 1.70. The van der Waals surface area contributed by atoms with Gasteiger partial charge in [-0.05, 0) is 26.8 Å². The van der Waals surface area contributed by atoms with Crippen molar-refractivity contribution in [3.63, 3.8) is 0 Å². The van der Waals surface area contributed by atoms with Crippen molar-refractivity contribution in [2.75, 3.05) is 11.9 Å². The normalized spacial score (nSPS) is 11.0. The summed E-state index contributed by atoms with van der Waals surface area (Å²) in [7, 11) is 1.78. The molecule has 0 saturated heterocycles. The molecule has 7 nitrogen and oxygen atoms in total. The van der Waals surface area contributed by atoms with E-state index >= 15 is 0 Å². The number of hydrogen-bond donors (Lipinski definition) is 2. The number of benzene rings is 1. The van der Waals surface area contributed by atoms with Crippen LogP contribution in [0.25, 0.3) is 11.0 Å². The van der Waals surface area contributed by atoms with Gasteiger partial charge in [0.15, 0.2) is 17.2 Å². The lowest BCUT2D eigenvalue weighted by molar-refractivity contribution is -0.115. The molecule has 8 heteroatoms. The first-order valence-electron chi connectivity index (χ1n) is 8.05.